The number of carbonyl (C=O) groups excluding carboxylic acids is 2. The Hall–Kier alpha value is -3.80. The van der Waals surface area contributed by atoms with Crippen LogP contribution in [0.3, 0.4) is 0 Å². The lowest BCUT2D eigenvalue weighted by molar-refractivity contribution is -0.118. The molecule has 0 spiro atoms. The zero-order valence-corrected chi connectivity index (χ0v) is 15.8. The zero-order valence-electron chi connectivity index (χ0n) is 15.8. The topological polar surface area (TPSA) is 73.9 Å². The average molecular weight is 389 g/mol. The van der Waals surface area contributed by atoms with Crippen molar-refractivity contribution in [2.24, 2.45) is 0 Å². The number of Topliss-reactive ketones (excluding diaryl/α,β-unsaturated/α-hetero) is 1. The average Bonchev–Trinajstić information content (AvgIpc) is 3.20. The summed E-state index contributed by atoms with van der Waals surface area (Å²) in [6.07, 6.45) is 0. The number of ketones is 1. The molecule has 1 aliphatic rings. The van der Waals surface area contributed by atoms with Gasteiger partial charge in [0.05, 0.1) is 5.69 Å². The molecule has 6 nitrogen and oxygen atoms in total. The van der Waals surface area contributed by atoms with Gasteiger partial charge in [-0.05, 0) is 24.6 Å². The first-order valence-electron chi connectivity index (χ1n) is 9.13. The van der Waals surface area contributed by atoms with Crippen molar-refractivity contribution in [2.75, 3.05) is 18.7 Å². The molecule has 6 heteroatoms. The second-order valence-electron chi connectivity index (χ2n) is 6.51. The Morgan fingerprint density at radius 1 is 0.966 bits per heavy atom. The highest BCUT2D eigenvalue weighted by molar-refractivity contribution is 6.04. The van der Waals surface area contributed by atoms with E-state index >= 15 is 0 Å². The van der Waals surface area contributed by atoms with E-state index in [4.69, 9.17) is 14.2 Å². The SMILES string of the molecule is CC(=O)c1cc2c(cc1NC(=O)COc1ccccc1-c1ccccc1)OCO2. The molecule has 1 N–H and O–H groups in total. The Morgan fingerprint density at radius 3 is 2.41 bits per heavy atom. The molecule has 1 amide bonds. The minimum Gasteiger partial charge on any atom is -0.483 e. The van der Waals surface area contributed by atoms with Crippen LogP contribution in [0.2, 0.25) is 0 Å². The van der Waals surface area contributed by atoms with Crippen LogP contribution < -0.4 is 19.5 Å². The van der Waals surface area contributed by atoms with E-state index in [2.05, 4.69) is 5.32 Å². The molecule has 146 valence electrons. The number of carbonyl (C=O) groups is 2. The second kappa shape index (κ2) is 8.06. The lowest BCUT2D eigenvalue weighted by Crippen LogP contribution is -2.21. The van der Waals surface area contributed by atoms with Gasteiger partial charge in [0.15, 0.2) is 23.9 Å². The van der Waals surface area contributed by atoms with Crippen molar-refractivity contribution in [2.45, 2.75) is 6.92 Å². The largest absolute Gasteiger partial charge is 0.483 e. The Labute approximate surface area is 168 Å². The van der Waals surface area contributed by atoms with Crippen molar-refractivity contribution in [3.05, 3.63) is 72.3 Å². The van der Waals surface area contributed by atoms with Gasteiger partial charge in [0.1, 0.15) is 5.75 Å². The van der Waals surface area contributed by atoms with Crippen LogP contribution in [0.4, 0.5) is 5.69 Å². The number of anilines is 1. The van der Waals surface area contributed by atoms with E-state index in [0.717, 1.165) is 11.1 Å². The molecule has 1 aliphatic heterocycles. The summed E-state index contributed by atoms with van der Waals surface area (Å²) in [6.45, 7) is 1.32. The third kappa shape index (κ3) is 4.06. The van der Waals surface area contributed by atoms with E-state index in [9.17, 15) is 9.59 Å². The van der Waals surface area contributed by atoms with Crippen LogP contribution in [0, 0.1) is 0 Å². The minimum atomic E-state index is -0.380. The minimum absolute atomic E-state index is 0.0868. The number of hydrogen-bond acceptors (Lipinski definition) is 5. The van der Waals surface area contributed by atoms with Crippen LogP contribution in [-0.4, -0.2) is 25.1 Å². The molecule has 0 bridgehead atoms. The molecule has 3 aromatic rings. The third-order valence-corrected chi connectivity index (χ3v) is 4.50. The number of ether oxygens (including phenoxy) is 3. The van der Waals surface area contributed by atoms with Crippen LogP contribution in [0.5, 0.6) is 17.2 Å². The summed E-state index contributed by atoms with van der Waals surface area (Å²) in [5.41, 5.74) is 2.62. The summed E-state index contributed by atoms with van der Waals surface area (Å²) in [6, 6.07) is 20.5. The number of benzene rings is 3. The lowest BCUT2D eigenvalue weighted by atomic mass is 10.1. The van der Waals surface area contributed by atoms with Crippen LogP contribution in [0.1, 0.15) is 17.3 Å². The molecule has 29 heavy (non-hydrogen) atoms. The molecule has 0 aliphatic carbocycles. The summed E-state index contributed by atoms with van der Waals surface area (Å²) >= 11 is 0. The predicted octanol–water partition coefficient (Wildman–Crippen LogP) is 4.30. The highest BCUT2D eigenvalue weighted by atomic mass is 16.7. The molecule has 0 saturated carbocycles. The van der Waals surface area contributed by atoms with Gasteiger partial charge in [0.2, 0.25) is 6.79 Å². The van der Waals surface area contributed by atoms with E-state index in [1.807, 2.05) is 54.6 Å². The predicted molar refractivity (Wildman–Crippen MR) is 109 cm³/mol. The molecule has 0 saturated heterocycles. The molecule has 0 unspecified atom stereocenters. The Kier molecular flexibility index (Phi) is 5.16. The highest BCUT2D eigenvalue weighted by Crippen LogP contribution is 2.37. The van der Waals surface area contributed by atoms with Gasteiger partial charge >= 0.3 is 0 Å². The summed E-state index contributed by atoms with van der Waals surface area (Å²) < 4.78 is 16.4. The van der Waals surface area contributed by atoms with Gasteiger partial charge in [-0.3, -0.25) is 9.59 Å². The Balaban J connectivity index is 1.49. The number of rotatable bonds is 6. The van der Waals surface area contributed by atoms with Crippen molar-refractivity contribution in [3.8, 4) is 28.4 Å². The summed E-state index contributed by atoms with van der Waals surface area (Å²) in [5, 5.41) is 2.73. The van der Waals surface area contributed by atoms with Crippen molar-refractivity contribution in [1.82, 2.24) is 0 Å². The monoisotopic (exact) mass is 389 g/mol. The summed E-state index contributed by atoms with van der Waals surface area (Å²) in [5.74, 6) is 1.01. The van der Waals surface area contributed by atoms with Crippen LogP contribution in [0.25, 0.3) is 11.1 Å². The maximum atomic E-state index is 12.5. The number of fused-ring (bicyclic) bond motifs is 1. The molecule has 0 radical (unpaired) electrons. The van der Waals surface area contributed by atoms with Crippen molar-refractivity contribution >= 4 is 17.4 Å². The number of nitrogens with one attached hydrogen (secondary N) is 1. The first-order valence-corrected chi connectivity index (χ1v) is 9.13. The van der Waals surface area contributed by atoms with Gasteiger partial charge in [0.25, 0.3) is 5.91 Å². The van der Waals surface area contributed by atoms with E-state index in [-0.39, 0.29) is 25.1 Å². The van der Waals surface area contributed by atoms with Crippen molar-refractivity contribution in [3.63, 3.8) is 0 Å². The zero-order chi connectivity index (χ0) is 20.2. The number of amides is 1. The first-order chi connectivity index (χ1) is 14.1. The molecule has 3 aromatic carbocycles. The maximum absolute atomic E-state index is 12.5. The van der Waals surface area contributed by atoms with Crippen molar-refractivity contribution in [1.29, 1.82) is 0 Å². The molecule has 0 atom stereocenters. The molecule has 1 heterocycles. The fourth-order valence-corrected chi connectivity index (χ4v) is 3.11. The summed E-state index contributed by atoms with van der Waals surface area (Å²) in [7, 11) is 0. The van der Waals surface area contributed by atoms with Gasteiger partial charge in [0, 0.05) is 17.2 Å². The van der Waals surface area contributed by atoms with E-state index in [0.29, 0.717) is 28.5 Å². The Bertz CT molecular complexity index is 1060. The normalized spacial score (nSPS) is 11.8. The molecule has 4 rings (SSSR count). The molecular formula is C23H19NO5. The van der Waals surface area contributed by atoms with Gasteiger partial charge in [-0.2, -0.15) is 0 Å². The Morgan fingerprint density at radius 2 is 1.66 bits per heavy atom. The van der Waals surface area contributed by atoms with Gasteiger partial charge in [-0.1, -0.05) is 48.5 Å². The quantitative estimate of drug-likeness (QED) is 0.636. The van der Waals surface area contributed by atoms with Gasteiger partial charge in [-0.25, -0.2) is 0 Å². The summed E-state index contributed by atoms with van der Waals surface area (Å²) in [4.78, 5) is 24.4. The van der Waals surface area contributed by atoms with Crippen molar-refractivity contribution < 1.29 is 23.8 Å². The maximum Gasteiger partial charge on any atom is 0.262 e. The van der Waals surface area contributed by atoms with Crippen LogP contribution in [-0.2, 0) is 4.79 Å². The van der Waals surface area contributed by atoms with Crippen LogP contribution in [0.15, 0.2) is 66.7 Å². The first kappa shape index (κ1) is 18.6. The van der Waals surface area contributed by atoms with E-state index in [1.165, 1.54) is 6.92 Å². The number of para-hydroxylation sites is 1. The van der Waals surface area contributed by atoms with Gasteiger partial charge in [-0.15, -0.1) is 0 Å². The third-order valence-electron chi connectivity index (χ3n) is 4.50. The van der Waals surface area contributed by atoms with Crippen LogP contribution >= 0.6 is 0 Å². The fraction of sp³-hybridized carbons (Fsp3) is 0.130. The van der Waals surface area contributed by atoms with Gasteiger partial charge < -0.3 is 19.5 Å². The fourth-order valence-electron chi connectivity index (χ4n) is 3.11. The standard InChI is InChI=1S/C23H19NO5/c1-15(25)18-11-21-22(29-14-28-21)12-19(18)24-23(26)13-27-20-10-6-5-9-17(20)16-7-3-2-4-8-16/h2-12H,13-14H2,1H3,(H,24,26). The molecule has 0 fully saturated rings. The lowest BCUT2D eigenvalue weighted by Gasteiger charge is -2.13. The molecular weight excluding hydrogens is 370 g/mol. The van der Waals surface area contributed by atoms with E-state index in [1.54, 1.807) is 12.1 Å². The smallest absolute Gasteiger partial charge is 0.262 e. The second-order valence-corrected chi connectivity index (χ2v) is 6.51. The van der Waals surface area contributed by atoms with E-state index < -0.39 is 0 Å². The number of hydrogen-bond donors (Lipinski definition) is 1. The molecule has 0 aromatic heterocycles. The highest BCUT2D eigenvalue weighted by Gasteiger charge is 2.20.